The number of carbonyl (C=O) groups is 1. The molecule has 0 saturated heterocycles. The molecular weight excluding hydrogens is 324 g/mol. The first-order valence-electron chi connectivity index (χ1n) is 9.60. The van der Waals surface area contributed by atoms with Gasteiger partial charge >= 0.3 is 0 Å². The van der Waals surface area contributed by atoms with Crippen LogP contribution in [0.3, 0.4) is 0 Å². The molecule has 2 aromatic carbocycles. The van der Waals surface area contributed by atoms with Gasteiger partial charge in [0.05, 0.1) is 13.7 Å². The van der Waals surface area contributed by atoms with Crippen LogP contribution in [0.2, 0.25) is 0 Å². The molecule has 26 heavy (non-hydrogen) atoms. The lowest BCUT2D eigenvalue weighted by molar-refractivity contribution is -0.123. The molecule has 4 nitrogen and oxygen atoms in total. The van der Waals surface area contributed by atoms with E-state index in [1.54, 1.807) is 7.11 Å². The highest BCUT2D eigenvalue weighted by molar-refractivity contribution is 5.84. The molecule has 1 amide bonds. The van der Waals surface area contributed by atoms with Crippen LogP contribution in [0.5, 0.6) is 5.75 Å². The van der Waals surface area contributed by atoms with Gasteiger partial charge in [0.2, 0.25) is 5.91 Å². The van der Waals surface area contributed by atoms with Gasteiger partial charge in [-0.25, -0.2) is 0 Å². The second kappa shape index (κ2) is 8.54. The van der Waals surface area contributed by atoms with Crippen molar-refractivity contribution in [3.05, 3.63) is 42.0 Å². The number of fused-ring (bicyclic) bond motifs is 1. The average molecular weight is 354 g/mol. The second-order valence-corrected chi connectivity index (χ2v) is 7.66. The highest BCUT2D eigenvalue weighted by atomic mass is 16.5. The Morgan fingerprint density at radius 2 is 1.88 bits per heavy atom. The Morgan fingerprint density at radius 3 is 2.65 bits per heavy atom. The minimum Gasteiger partial charge on any atom is -0.497 e. The molecule has 0 aromatic heterocycles. The van der Waals surface area contributed by atoms with Crippen molar-refractivity contribution in [3.63, 3.8) is 0 Å². The summed E-state index contributed by atoms with van der Waals surface area (Å²) < 4.78 is 5.28. The second-order valence-electron chi connectivity index (χ2n) is 7.66. The van der Waals surface area contributed by atoms with E-state index in [2.05, 4.69) is 41.4 Å². The number of nitrogens with zero attached hydrogens (tertiary/aromatic N) is 1. The lowest BCUT2D eigenvalue weighted by Crippen LogP contribution is -2.44. The van der Waals surface area contributed by atoms with Crippen molar-refractivity contribution < 1.29 is 9.53 Å². The third-order valence-corrected chi connectivity index (χ3v) is 5.44. The van der Waals surface area contributed by atoms with E-state index in [-0.39, 0.29) is 5.91 Å². The monoisotopic (exact) mass is 354 g/mol. The fourth-order valence-corrected chi connectivity index (χ4v) is 3.89. The van der Waals surface area contributed by atoms with Gasteiger partial charge in [-0.3, -0.25) is 9.69 Å². The summed E-state index contributed by atoms with van der Waals surface area (Å²) in [6.07, 6.45) is 4.86. The summed E-state index contributed by atoms with van der Waals surface area (Å²) in [4.78, 5) is 14.5. The van der Waals surface area contributed by atoms with Gasteiger partial charge in [-0.05, 0) is 60.3 Å². The van der Waals surface area contributed by atoms with Crippen molar-refractivity contribution >= 4 is 16.7 Å². The van der Waals surface area contributed by atoms with Gasteiger partial charge in [0, 0.05) is 12.6 Å². The van der Waals surface area contributed by atoms with Crippen LogP contribution in [-0.2, 0) is 11.3 Å². The summed E-state index contributed by atoms with van der Waals surface area (Å²) in [6, 6.07) is 12.9. The first-order valence-corrected chi connectivity index (χ1v) is 9.60. The van der Waals surface area contributed by atoms with Crippen LogP contribution in [0, 0.1) is 5.92 Å². The van der Waals surface area contributed by atoms with Gasteiger partial charge in [-0.1, -0.05) is 38.0 Å². The molecule has 0 radical (unpaired) electrons. The van der Waals surface area contributed by atoms with Crippen LogP contribution >= 0.6 is 0 Å². The van der Waals surface area contributed by atoms with Crippen molar-refractivity contribution in [1.29, 1.82) is 0 Å². The number of likely N-dealkylation sites (N-methyl/N-ethyl adjacent to an activating group) is 1. The fourth-order valence-electron chi connectivity index (χ4n) is 3.89. The Hall–Kier alpha value is -2.07. The van der Waals surface area contributed by atoms with E-state index in [0.717, 1.165) is 18.7 Å². The summed E-state index contributed by atoms with van der Waals surface area (Å²) >= 11 is 0. The summed E-state index contributed by atoms with van der Waals surface area (Å²) in [5, 5.41) is 5.59. The van der Waals surface area contributed by atoms with E-state index in [1.165, 1.54) is 35.6 Å². The zero-order valence-corrected chi connectivity index (χ0v) is 16.1. The smallest absolute Gasteiger partial charge is 0.234 e. The highest BCUT2D eigenvalue weighted by Crippen LogP contribution is 2.24. The van der Waals surface area contributed by atoms with Crippen LogP contribution in [0.25, 0.3) is 10.8 Å². The number of methoxy groups -OCH3 is 1. The summed E-state index contributed by atoms with van der Waals surface area (Å²) in [7, 11) is 3.69. The van der Waals surface area contributed by atoms with Gasteiger partial charge in [0.15, 0.2) is 0 Å². The molecular formula is C22H30N2O2. The van der Waals surface area contributed by atoms with E-state index < -0.39 is 0 Å². The molecule has 1 N–H and O–H groups in total. The highest BCUT2D eigenvalue weighted by Gasteiger charge is 2.23. The van der Waals surface area contributed by atoms with Crippen LogP contribution in [0.1, 0.15) is 38.2 Å². The number of rotatable bonds is 6. The topological polar surface area (TPSA) is 41.6 Å². The maximum absolute atomic E-state index is 12.4. The quantitative estimate of drug-likeness (QED) is 0.853. The minimum atomic E-state index is 0.136. The van der Waals surface area contributed by atoms with Gasteiger partial charge in [0.1, 0.15) is 5.75 Å². The maximum Gasteiger partial charge on any atom is 0.234 e. The molecule has 0 bridgehead atoms. The molecule has 0 spiro atoms. The molecule has 1 aliphatic carbocycles. The Balaban J connectivity index is 1.56. The van der Waals surface area contributed by atoms with E-state index in [9.17, 15) is 4.79 Å². The number of amides is 1. The number of hydrogen-bond donors (Lipinski definition) is 1. The van der Waals surface area contributed by atoms with Crippen LogP contribution < -0.4 is 10.1 Å². The maximum atomic E-state index is 12.4. The van der Waals surface area contributed by atoms with E-state index >= 15 is 0 Å². The molecule has 3 rings (SSSR count). The zero-order chi connectivity index (χ0) is 18.5. The number of benzene rings is 2. The molecule has 1 fully saturated rings. The molecule has 1 aliphatic rings. The lowest BCUT2D eigenvalue weighted by atomic mass is 9.86. The molecule has 0 heterocycles. The van der Waals surface area contributed by atoms with Gasteiger partial charge in [-0.2, -0.15) is 0 Å². The standard InChI is InChI=1S/C22H30N2O2/c1-16-6-4-5-7-21(16)23-22(25)15-24(2)14-17-8-9-19-13-20(26-3)11-10-18(19)12-17/h8-13,16,21H,4-7,14-15H2,1-3H3,(H,23,25). The molecule has 4 heteroatoms. The normalized spacial score (nSPS) is 20.3. The van der Waals surface area contributed by atoms with Crippen molar-refractivity contribution in [2.75, 3.05) is 20.7 Å². The molecule has 140 valence electrons. The predicted molar refractivity (Wildman–Crippen MR) is 106 cm³/mol. The molecule has 2 unspecified atom stereocenters. The van der Waals surface area contributed by atoms with Crippen LogP contribution in [0.15, 0.2) is 36.4 Å². The van der Waals surface area contributed by atoms with Crippen molar-refractivity contribution in [3.8, 4) is 5.75 Å². The number of hydrogen-bond acceptors (Lipinski definition) is 3. The Bertz CT molecular complexity index is 759. The molecule has 2 atom stereocenters. The summed E-state index contributed by atoms with van der Waals surface area (Å²) in [5.41, 5.74) is 1.21. The Morgan fingerprint density at radius 1 is 1.15 bits per heavy atom. The van der Waals surface area contributed by atoms with Gasteiger partial charge in [-0.15, -0.1) is 0 Å². The summed E-state index contributed by atoms with van der Waals surface area (Å²) in [6.45, 7) is 3.44. The minimum absolute atomic E-state index is 0.136. The van der Waals surface area contributed by atoms with E-state index in [0.29, 0.717) is 18.5 Å². The zero-order valence-electron chi connectivity index (χ0n) is 16.1. The average Bonchev–Trinajstić information content (AvgIpc) is 2.63. The largest absolute Gasteiger partial charge is 0.497 e. The third kappa shape index (κ3) is 4.76. The van der Waals surface area contributed by atoms with E-state index in [1.807, 2.05) is 19.2 Å². The first kappa shape index (κ1) is 18.7. The first-order chi connectivity index (χ1) is 12.5. The SMILES string of the molecule is COc1ccc2cc(CN(C)CC(=O)NC3CCCCC3C)ccc2c1. The van der Waals surface area contributed by atoms with Crippen molar-refractivity contribution in [1.82, 2.24) is 10.2 Å². The molecule has 0 aliphatic heterocycles. The Kier molecular flexibility index (Phi) is 6.15. The fraction of sp³-hybridized carbons (Fsp3) is 0.500. The summed E-state index contributed by atoms with van der Waals surface area (Å²) in [5.74, 6) is 1.60. The third-order valence-electron chi connectivity index (χ3n) is 5.44. The van der Waals surface area contributed by atoms with Gasteiger partial charge in [0.25, 0.3) is 0 Å². The van der Waals surface area contributed by atoms with Crippen LogP contribution in [-0.4, -0.2) is 37.6 Å². The Labute approximate surface area is 156 Å². The van der Waals surface area contributed by atoms with Crippen molar-refractivity contribution in [2.45, 2.75) is 45.2 Å². The lowest BCUT2D eigenvalue weighted by Gasteiger charge is -2.30. The number of nitrogens with one attached hydrogen (secondary N) is 1. The molecule has 1 saturated carbocycles. The predicted octanol–water partition coefficient (Wildman–Crippen LogP) is 3.98. The molecule has 2 aromatic rings. The van der Waals surface area contributed by atoms with Crippen LogP contribution in [0.4, 0.5) is 0 Å². The van der Waals surface area contributed by atoms with E-state index in [4.69, 9.17) is 4.74 Å². The number of carbonyl (C=O) groups excluding carboxylic acids is 1. The number of ether oxygens (including phenoxy) is 1. The van der Waals surface area contributed by atoms with Crippen molar-refractivity contribution in [2.24, 2.45) is 5.92 Å². The van der Waals surface area contributed by atoms with Gasteiger partial charge < -0.3 is 10.1 Å².